The summed E-state index contributed by atoms with van der Waals surface area (Å²) in [5, 5.41) is 15.4. The van der Waals surface area contributed by atoms with Crippen molar-refractivity contribution in [2.24, 2.45) is 0 Å². The molecule has 3 aromatic rings. The van der Waals surface area contributed by atoms with Gasteiger partial charge in [-0.3, -0.25) is 5.32 Å². The van der Waals surface area contributed by atoms with E-state index >= 15 is 0 Å². The number of ether oxygens (including phenoxy) is 1. The minimum atomic E-state index is -0.404. The largest absolute Gasteiger partial charge is 0.495 e. The highest BCUT2D eigenvalue weighted by molar-refractivity contribution is 7.15. The normalized spacial score (nSPS) is 10.3. The summed E-state index contributed by atoms with van der Waals surface area (Å²) in [7, 11) is 1.55. The smallest absolute Gasteiger partial charge is 0.325 e. The molecule has 2 N–H and O–H groups in total. The highest BCUT2D eigenvalue weighted by atomic mass is 35.5. The Morgan fingerprint density at radius 3 is 2.64 bits per heavy atom. The maximum Gasteiger partial charge on any atom is 0.325 e. The highest BCUT2D eigenvalue weighted by Gasteiger charge is 2.11. The third-order valence-electron chi connectivity index (χ3n) is 3.31. The van der Waals surface area contributed by atoms with Crippen LogP contribution in [0, 0.1) is 0 Å². The number of halogens is 1. The molecule has 0 aliphatic rings. The first-order chi connectivity index (χ1) is 12.1. The summed E-state index contributed by atoms with van der Waals surface area (Å²) < 4.78 is 5.20. The lowest BCUT2D eigenvalue weighted by molar-refractivity contribution is 0.262. The van der Waals surface area contributed by atoms with E-state index in [2.05, 4.69) is 20.8 Å². The maximum atomic E-state index is 12.1. The summed E-state index contributed by atoms with van der Waals surface area (Å²) in [6, 6.07) is 14.3. The molecule has 0 radical (unpaired) electrons. The van der Waals surface area contributed by atoms with Gasteiger partial charge in [0.15, 0.2) is 0 Å². The molecule has 2 aromatic carbocycles. The Morgan fingerprint density at radius 2 is 1.88 bits per heavy atom. The molecule has 0 spiro atoms. The van der Waals surface area contributed by atoms with Gasteiger partial charge in [0.25, 0.3) is 0 Å². The van der Waals surface area contributed by atoms with E-state index in [4.69, 9.17) is 16.3 Å². The van der Waals surface area contributed by atoms with Crippen LogP contribution < -0.4 is 15.4 Å². The molecule has 0 saturated carbocycles. The molecule has 2 amide bonds. The van der Waals surface area contributed by atoms with E-state index < -0.39 is 6.03 Å². The summed E-state index contributed by atoms with van der Waals surface area (Å²) in [5.74, 6) is 0.582. The number of hydrogen-bond donors (Lipinski definition) is 2. The summed E-state index contributed by atoms with van der Waals surface area (Å²) in [6.07, 6.45) is 0.630. The van der Waals surface area contributed by atoms with Crippen LogP contribution in [0.2, 0.25) is 5.02 Å². The van der Waals surface area contributed by atoms with E-state index in [0.29, 0.717) is 28.0 Å². The number of nitrogens with zero attached hydrogens (tertiary/aromatic N) is 2. The first-order valence-electron chi connectivity index (χ1n) is 7.42. The topological polar surface area (TPSA) is 76.1 Å². The number of rotatable bonds is 5. The number of amides is 2. The van der Waals surface area contributed by atoms with Gasteiger partial charge in [-0.25, -0.2) is 4.79 Å². The molecule has 3 rings (SSSR count). The second kappa shape index (κ2) is 7.96. The number of carbonyl (C=O) groups is 1. The number of urea groups is 1. The SMILES string of the molecule is COc1ccccc1NC(=O)Nc1nnc(Cc2ccc(Cl)cc2)s1. The highest BCUT2D eigenvalue weighted by Crippen LogP contribution is 2.24. The van der Waals surface area contributed by atoms with Crippen molar-refractivity contribution in [2.45, 2.75) is 6.42 Å². The zero-order chi connectivity index (χ0) is 17.6. The van der Waals surface area contributed by atoms with Crippen molar-refractivity contribution in [3.05, 3.63) is 64.1 Å². The van der Waals surface area contributed by atoms with E-state index in [0.717, 1.165) is 10.6 Å². The van der Waals surface area contributed by atoms with Crippen molar-refractivity contribution < 1.29 is 9.53 Å². The number of para-hydroxylation sites is 2. The second-order valence-electron chi connectivity index (χ2n) is 5.08. The molecule has 0 atom stereocenters. The zero-order valence-electron chi connectivity index (χ0n) is 13.3. The Labute approximate surface area is 153 Å². The molecule has 0 aliphatic carbocycles. The zero-order valence-corrected chi connectivity index (χ0v) is 14.9. The number of benzene rings is 2. The van der Waals surface area contributed by atoms with E-state index in [1.165, 1.54) is 11.3 Å². The molecular formula is C17H15ClN4O2S. The van der Waals surface area contributed by atoms with Crippen molar-refractivity contribution in [3.63, 3.8) is 0 Å². The summed E-state index contributed by atoms with van der Waals surface area (Å²) in [5.41, 5.74) is 1.65. The monoisotopic (exact) mass is 374 g/mol. The van der Waals surface area contributed by atoms with E-state index in [1.807, 2.05) is 36.4 Å². The Bertz CT molecular complexity index is 867. The molecule has 25 heavy (non-hydrogen) atoms. The Hall–Kier alpha value is -2.64. The number of aromatic nitrogens is 2. The van der Waals surface area contributed by atoms with Crippen LogP contribution in [0.15, 0.2) is 48.5 Å². The molecule has 0 aliphatic heterocycles. The minimum absolute atomic E-state index is 0.404. The first kappa shape index (κ1) is 17.2. The van der Waals surface area contributed by atoms with Crippen LogP contribution >= 0.6 is 22.9 Å². The van der Waals surface area contributed by atoms with Crippen LogP contribution in [0.4, 0.5) is 15.6 Å². The average molecular weight is 375 g/mol. The van der Waals surface area contributed by atoms with Crippen LogP contribution in [0.5, 0.6) is 5.75 Å². The molecule has 0 fully saturated rings. The summed E-state index contributed by atoms with van der Waals surface area (Å²) in [6.45, 7) is 0. The molecule has 0 unspecified atom stereocenters. The van der Waals surface area contributed by atoms with Gasteiger partial charge < -0.3 is 10.1 Å². The van der Waals surface area contributed by atoms with Gasteiger partial charge in [-0.05, 0) is 29.8 Å². The number of carbonyl (C=O) groups excluding carboxylic acids is 1. The number of methoxy groups -OCH3 is 1. The lowest BCUT2D eigenvalue weighted by atomic mass is 10.2. The van der Waals surface area contributed by atoms with Crippen molar-refractivity contribution >= 4 is 39.8 Å². The predicted molar refractivity (Wildman–Crippen MR) is 99.8 cm³/mol. The Balaban J connectivity index is 1.61. The summed E-state index contributed by atoms with van der Waals surface area (Å²) >= 11 is 7.20. The number of nitrogens with one attached hydrogen (secondary N) is 2. The van der Waals surface area contributed by atoms with Crippen LogP contribution in [-0.4, -0.2) is 23.3 Å². The van der Waals surface area contributed by atoms with Crippen LogP contribution in [0.3, 0.4) is 0 Å². The molecule has 1 aromatic heterocycles. The van der Waals surface area contributed by atoms with Gasteiger partial charge in [-0.1, -0.05) is 47.2 Å². The fourth-order valence-corrected chi connectivity index (χ4v) is 3.05. The van der Waals surface area contributed by atoms with Gasteiger partial charge in [0, 0.05) is 11.4 Å². The molecule has 6 nitrogen and oxygen atoms in total. The fraction of sp³-hybridized carbons (Fsp3) is 0.118. The van der Waals surface area contributed by atoms with Gasteiger partial charge in [0.1, 0.15) is 10.8 Å². The summed E-state index contributed by atoms with van der Waals surface area (Å²) in [4.78, 5) is 12.1. The molecule has 0 bridgehead atoms. The second-order valence-corrected chi connectivity index (χ2v) is 6.58. The first-order valence-corrected chi connectivity index (χ1v) is 8.61. The lowest BCUT2D eigenvalue weighted by Gasteiger charge is -2.09. The van der Waals surface area contributed by atoms with Gasteiger partial charge >= 0.3 is 6.03 Å². The Kier molecular flexibility index (Phi) is 5.47. The van der Waals surface area contributed by atoms with E-state index in [9.17, 15) is 4.79 Å². The number of hydrogen-bond acceptors (Lipinski definition) is 5. The lowest BCUT2D eigenvalue weighted by Crippen LogP contribution is -2.19. The molecule has 0 saturated heterocycles. The van der Waals surface area contributed by atoms with Crippen LogP contribution in [0.25, 0.3) is 0 Å². The predicted octanol–water partition coefficient (Wildman–Crippen LogP) is 4.43. The molecule has 8 heteroatoms. The molecule has 128 valence electrons. The maximum absolute atomic E-state index is 12.1. The number of anilines is 2. The van der Waals surface area contributed by atoms with Crippen LogP contribution in [0.1, 0.15) is 10.6 Å². The van der Waals surface area contributed by atoms with Gasteiger partial charge in [-0.2, -0.15) is 0 Å². The fourth-order valence-electron chi connectivity index (χ4n) is 2.15. The van der Waals surface area contributed by atoms with Crippen molar-refractivity contribution in [3.8, 4) is 5.75 Å². The van der Waals surface area contributed by atoms with Crippen LogP contribution in [-0.2, 0) is 6.42 Å². The van der Waals surface area contributed by atoms with E-state index in [1.54, 1.807) is 19.2 Å². The van der Waals surface area contributed by atoms with Crippen molar-refractivity contribution in [2.75, 3.05) is 17.7 Å². The average Bonchev–Trinajstić information content (AvgIpc) is 3.04. The third-order valence-corrected chi connectivity index (χ3v) is 4.40. The van der Waals surface area contributed by atoms with E-state index in [-0.39, 0.29) is 0 Å². The standard InChI is InChI=1S/C17H15ClN4O2S/c1-24-14-5-3-2-4-13(14)19-16(23)20-17-22-21-15(25-17)10-11-6-8-12(18)9-7-11/h2-9H,10H2,1H3,(H2,19,20,22,23). The van der Waals surface area contributed by atoms with Crippen molar-refractivity contribution in [1.29, 1.82) is 0 Å². The van der Waals surface area contributed by atoms with Gasteiger partial charge in [0.05, 0.1) is 12.8 Å². The van der Waals surface area contributed by atoms with Crippen molar-refractivity contribution in [1.82, 2.24) is 10.2 Å². The minimum Gasteiger partial charge on any atom is -0.495 e. The molecular weight excluding hydrogens is 360 g/mol. The Morgan fingerprint density at radius 1 is 1.12 bits per heavy atom. The quantitative estimate of drug-likeness (QED) is 0.692. The molecule has 1 heterocycles. The third kappa shape index (κ3) is 4.68. The van der Waals surface area contributed by atoms with Gasteiger partial charge in [0.2, 0.25) is 5.13 Å². The van der Waals surface area contributed by atoms with Gasteiger partial charge in [-0.15, -0.1) is 10.2 Å².